The van der Waals surface area contributed by atoms with Gasteiger partial charge in [-0.3, -0.25) is 4.68 Å². The molecule has 1 aromatic carbocycles. The van der Waals surface area contributed by atoms with Crippen molar-refractivity contribution < 1.29 is 0 Å². The number of aryl methyl sites for hydroxylation is 2. The number of rotatable bonds is 1. The number of halogens is 2. The van der Waals surface area contributed by atoms with Crippen LogP contribution in [0.15, 0.2) is 34.9 Å². The Morgan fingerprint density at radius 1 is 1.26 bits per heavy atom. The van der Waals surface area contributed by atoms with E-state index in [9.17, 15) is 0 Å². The number of pyridine rings is 1. The molecule has 96 valence electrons. The van der Waals surface area contributed by atoms with Crippen LogP contribution in [0.3, 0.4) is 0 Å². The van der Waals surface area contributed by atoms with Crippen molar-refractivity contribution in [2.45, 2.75) is 6.92 Å². The summed E-state index contributed by atoms with van der Waals surface area (Å²) in [5, 5.41) is 5.80. The maximum absolute atomic E-state index is 6.35. The predicted molar refractivity (Wildman–Crippen MR) is 81.4 cm³/mol. The zero-order chi connectivity index (χ0) is 13.6. The topological polar surface area (TPSA) is 30.7 Å². The Morgan fingerprint density at radius 3 is 2.74 bits per heavy atom. The Balaban J connectivity index is 2.33. The molecule has 0 N–H and O–H groups in total. The first kappa shape index (κ1) is 12.6. The summed E-state index contributed by atoms with van der Waals surface area (Å²) in [6.45, 7) is 2.05. The van der Waals surface area contributed by atoms with Gasteiger partial charge in [0.15, 0.2) is 0 Å². The van der Waals surface area contributed by atoms with Crippen molar-refractivity contribution in [3.63, 3.8) is 0 Å². The van der Waals surface area contributed by atoms with Crippen molar-refractivity contribution in [3.05, 3.63) is 45.5 Å². The Labute approximate surface area is 124 Å². The number of hydrogen-bond donors (Lipinski definition) is 0. The lowest BCUT2D eigenvalue weighted by Crippen LogP contribution is -1.96. The van der Waals surface area contributed by atoms with Gasteiger partial charge in [0.2, 0.25) is 0 Å². The Bertz CT molecular complexity index is 780. The van der Waals surface area contributed by atoms with E-state index in [0.29, 0.717) is 5.02 Å². The first-order chi connectivity index (χ1) is 9.06. The van der Waals surface area contributed by atoms with E-state index < -0.39 is 0 Å². The summed E-state index contributed by atoms with van der Waals surface area (Å²) in [7, 11) is 1.88. The van der Waals surface area contributed by atoms with Gasteiger partial charge in [-0.15, -0.1) is 0 Å². The standard InChI is InChI=1S/C14H11BrClN3/c1-8-5-10(15)9-7-11(16)14(18-12(9)6-8)13-3-4-17-19(13)2/h3-7H,1-2H3. The van der Waals surface area contributed by atoms with Crippen LogP contribution in [0.5, 0.6) is 0 Å². The highest BCUT2D eigenvalue weighted by Crippen LogP contribution is 2.32. The van der Waals surface area contributed by atoms with Gasteiger partial charge in [-0.25, -0.2) is 4.98 Å². The molecule has 0 radical (unpaired) electrons. The minimum absolute atomic E-state index is 0.626. The molecule has 0 atom stereocenters. The van der Waals surface area contributed by atoms with Gasteiger partial charge in [0.1, 0.15) is 5.69 Å². The monoisotopic (exact) mass is 335 g/mol. The van der Waals surface area contributed by atoms with E-state index in [2.05, 4.69) is 38.1 Å². The lowest BCUT2D eigenvalue weighted by molar-refractivity contribution is 0.774. The van der Waals surface area contributed by atoms with Gasteiger partial charge in [-0.1, -0.05) is 27.5 Å². The van der Waals surface area contributed by atoms with E-state index in [1.165, 1.54) is 0 Å². The maximum Gasteiger partial charge on any atom is 0.108 e. The average molecular weight is 337 g/mol. The van der Waals surface area contributed by atoms with Crippen LogP contribution in [0.4, 0.5) is 0 Å². The van der Waals surface area contributed by atoms with Gasteiger partial charge in [-0.2, -0.15) is 5.10 Å². The van der Waals surface area contributed by atoms with Crippen molar-refractivity contribution in [1.82, 2.24) is 14.8 Å². The van der Waals surface area contributed by atoms with Crippen molar-refractivity contribution in [3.8, 4) is 11.4 Å². The van der Waals surface area contributed by atoms with Gasteiger partial charge < -0.3 is 0 Å². The summed E-state index contributed by atoms with van der Waals surface area (Å²) < 4.78 is 2.78. The average Bonchev–Trinajstić information content (AvgIpc) is 2.76. The van der Waals surface area contributed by atoms with Gasteiger partial charge in [-0.05, 0) is 36.8 Å². The molecule has 0 spiro atoms. The first-order valence-electron chi connectivity index (χ1n) is 5.81. The SMILES string of the molecule is Cc1cc(Br)c2cc(Cl)c(-c3ccnn3C)nc2c1. The smallest absolute Gasteiger partial charge is 0.108 e. The fourth-order valence-corrected chi connectivity index (χ4v) is 3.05. The quantitative estimate of drug-likeness (QED) is 0.661. The van der Waals surface area contributed by atoms with Gasteiger partial charge in [0.25, 0.3) is 0 Å². The number of nitrogens with zero attached hydrogens (tertiary/aromatic N) is 3. The second kappa shape index (κ2) is 4.62. The summed E-state index contributed by atoms with van der Waals surface area (Å²) >= 11 is 9.91. The minimum atomic E-state index is 0.626. The van der Waals surface area contributed by atoms with Crippen LogP contribution >= 0.6 is 27.5 Å². The molecule has 2 heterocycles. The summed E-state index contributed by atoms with van der Waals surface area (Å²) in [4.78, 5) is 4.68. The van der Waals surface area contributed by atoms with E-state index >= 15 is 0 Å². The lowest BCUT2D eigenvalue weighted by atomic mass is 10.1. The lowest BCUT2D eigenvalue weighted by Gasteiger charge is -2.08. The molecule has 0 bridgehead atoms. The second-order valence-corrected chi connectivity index (χ2v) is 5.73. The highest BCUT2D eigenvalue weighted by atomic mass is 79.9. The Hall–Kier alpha value is -1.39. The van der Waals surface area contributed by atoms with Crippen LogP contribution in [0.25, 0.3) is 22.3 Å². The summed E-state index contributed by atoms with van der Waals surface area (Å²) in [5.41, 5.74) is 3.74. The summed E-state index contributed by atoms with van der Waals surface area (Å²) in [5.74, 6) is 0. The molecule has 0 aliphatic heterocycles. The minimum Gasteiger partial charge on any atom is -0.266 e. The number of aromatic nitrogens is 3. The van der Waals surface area contributed by atoms with E-state index in [0.717, 1.165) is 32.3 Å². The molecular weight excluding hydrogens is 326 g/mol. The largest absolute Gasteiger partial charge is 0.266 e. The molecule has 0 saturated heterocycles. The van der Waals surface area contributed by atoms with Crippen molar-refractivity contribution in [2.24, 2.45) is 7.05 Å². The molecule has 0 amide bonds. The van der Waals surface area contributed by atoms with Crippen LogP contribution in [-0.2, 0) is 7.05 Å². The first-order valence-corrected chi connectivity index (χ1v) is 6.98. The van der Waals surface area contributed by atoms with Gasteiger partial charge in [0, 0.05) is 23.1 Å². The zero-order valence-corrected chi connectivity index (χ0v) is 12.8. The maximum atomic E-state index is 6.35. The zero-order valence-electron chi connectivity index (χ0n) is 10.5. The number of benzene rings is 1. The van der Waals surface area contributed by atoms with Crippen molar-refractivity contribution in [2.75, 3.05) is 0 Å². The molecule has 2 aromatic heterocycles. The number of fused-ring (bicyclic) bond motifs is 1. The summed E-state index contributed by atoms with van der Waals surface area (Å²) in [6, 6.07) is 7.96. The van der Waals surface area contributed by atoms with Gasteiger partial charge >= 0.3 is 0 Å². The second-order valence-electron chi connectivity index (χ2n) is 4.47. The molecule has 0 aliphatic carbocycles. The highest BCUT2D eigenvalue weighted by Gasteiger charge is 2.12. The van der Waals surface area contributed by atoms with E-state index in [1.807, 2.05) is 26.1 Å². The van der Waals surface area contributed by atoms with Crippen LogP contribution in [0.1, 0.15) is 5.56 Å². The molecule has 0 fully saturated rings. The van der Waals surface area contributed by atoms with Crippen LogP contribution in [0, 0.1) is 6.92 Å². The molecule has 0 saturated carbocycles. The molecular formula is C14H11BrClN3. The van der Waals surface area contributed by atoms with Crippen LogP contribution in [-0.4, -0.2) is 14.8 Å². The molecule has 3 nitrogen and oxygen atoms in total. The Morgan fingerprint density at radius 2 is 2.05 bits per heavy atom. The molecule has 5 heteroatoms. The third kappa shape index (κ3) is 2.15. The predicted octanol–water partition coefficient (Wildman–Crippen LogP) is 4.36. The van der Waals surface area contributed by atoms with Crippen LogP contribution in [0.2, 0.25) is 5.02 Å². The highest BCUT2D eigenvalue weighted by molar-refractivity contribution is 9.10. The third-order valence-electron chi connectivity index (χ3n) is 3.05. The van der Waals surface area contributed by atoms with E-state index in [1.54, 1.807) is 10.9 Å². The fourth-order valence-electron chi connectivity index (χ4n) is 2.13. The van der Waals surface area contributed by atoms with Gasteiger partial charge in [0.05, 0.1) is 16.2 Å². The number of hydrogen-bond acceptors (Lipinski definition) is 2. The van der Waals surface area contributed by atoms with E-state index in [-0.39, 0.29) is 0 Å². The molecule has 3 rings (SSSR count). The van der Waals surface area contributed by atoms with E-state index in [4.69, 9.17) is 11.6 Å². The van der Waals surface area contributed by atoms with Crippen molar-refractivity contribution in [1.29, 1.82) is 0 Å². The normalized spacial score (nSPS) is 11.2. The molecule has 3 aromatic rings. The molecule has 19 heavy (non-hydrogen) atoms. The molecule has 0 unspecified atom stereocenters. The molecule has 0 aliphatic rings. The fraction of sp³-hybridized carbons (Fsp3) is 0.143. The van der Waals surface area contributed by atoms with Crippen molar-refractivity contribution >= 4 is 38.4 Å². The van der Waals surface area contributed by atoms with Crippen LogP contribution < -0.4 is 0 Å². The third-order valence-corrected chi connectivity index (χ3v) is 3.99. The Kier molecular flexibility index (Phi) is 3.07. The summed E-state index contributed by atoms with van der Waals surface area (Å²) in [6.07, 6.45) is 1.74.